The van der Waals surface area contributed by atoms with Crippen LogP contribution in [0.2, 0.25) is 0 Å². The molecule has 2 aromatic rings. The van der Waals surface area contributed by atoms with Gasteiger partial charge >= 0.3 is 12.1 Å². The number of ether oxygens (including phenoxy) is 1. The van der Waals surface area contributed by atoms with Gasteiger partial charge in [-0.2, -0.15) is 18.3 Å². The van der Waals surface area contributed by atoms with E-state index in [0.717, 1.165) is 16.8 Å². The largest absolute Gasteiger partial charge is 0.466 e. The number of rotatable bonds is 4. The molecule has 31 heavy (non-hydrogen) atoms. The summed E-state index contributed by atoms with van der Waals surface area (Å²) in [5.41, 5.74) is -2.26. The van der Waals surface area contributed by atoms with Gasteiger partial charge in [-0.25, -0.2) is 4.68 Å². The van der Waals surface area contributed by atoms with E-state index in [1.807, 2.05) is 0 Å². The Bertz CT molecular complexity index is 1050. The molecule has 1 atom stereocenters. The van der Waals surface area contributed by atoms with Crippen LogP contribution in [-0.4, -0.2) is 46.3 Å². The van der Waals surface area contributed by atoms with Crippen molar-refractivity contribution in [1.29, 1.82) is 0 Å². The van der Waals surface area contributed by atoms with Crippen LogP contribution in [0.25, 0.3) is 5.69 Å². The van der Waals surface area contributed by atoms with Crippen LogP contribution in [0, 0.1) is 12.8 Å². The topological polar surface area (TPSA) is 81.5 Å². The van der Waals surface area contributed by atoms with Crippen LogP contribution in [0.5, 0.6) is 0 Å². The lowest BCUT2D eigenvalue weighted by molar-refractivity contribution is -0.149. The number of carbonyl (C=O) groups is 2. The van der Waals surface area contributed by atoms with E-state index in [9.17, 15) is 27.6 Å². The van der Waals surface area contributed by atoms with Crippen molar-refractivity contribution in [2.75, 3.05) is 19.7 Å². The molecule has 1 unspecified atom stereocenters. The monoisotopic (exact) mass is 437 g/mol. The number of aryl methyl sites for hydroxylation is 1. The third-order valence-electron chi connectivity index (χ3n) is 5.08. The zero-order valence-electron chi connectivity index (χ0n) is 17.1. The molecule has 1 amide bonds. The Labute approximate surface area is 176 Å². The van der Waals surface area contributed by atoms with Crippen molar-refractivity contribution in [1.82, 2.24) is 14.7 Å². The van der Waals surface area contributed by atoms with E-state index in [2.05, 4.69) is 5.10 Å². The van der Waals surface area contributed by atoms with Gasteiger partial charge in [0.25, 0.3) is 5.91 Å². The van der Waals surface area contributed by atoms with E-state index in [1.54, 1.807) is 6.92 Å². The summed E-state index contributed by atoms with van der Waals surface area (Å²) < 4.78 is 46.3. The van der Waals surface area contributed by atoms with Crippen LogP contribution in [0.1, 0.15) is 41.5 Å². The fourth-order valence-electron chi connectivity index (χ4n) is 3.60. The standard InChI is InChI=1S/C21H22F3N3O4/c1-3-31-20(30)14-7-6-10-26(12-14)19(29)18-17(28)11-13(2)27(25-18)16-9-5-4-8-15(16)21(22,23)24/h4-5,8-9,11,14H,3,6-7,10,12H2,1-2H3. The number of likely N-dealkylation sites (tertiary alicyclic amines) is 1. The Kier molecular flexibility index (Phi) is 6.47. The number of hydrogen-bond donors (Lipinski definition) is 0. The average Bonchev–Trinajstić information content (AvgIpc) is 2.73. The van der Waals surface area contributed by atoms with Crippen LogP contribution in [0.3, 0.4) is 0 Å². The third-order valence-corrected chi connectivity index (χ3v) is 5.08. The number of para-hydroxylation sites is 1. The van der Waals surface area contributed by atoms with E-state index >= 15 is 0 Å². The molecular weight excluding hydrogens is 415 g/mol. The number of aromatic nitrogens is 2. The van der Waals surface area contributed by atoms with Crippen molar-refractivity contribution >= 4 is 11.9 Å². The van der Waals surface area contributed by atoms with Crippen molar-refractivity contribution < 1.29 is 27.5 Å². The molecule has 0 aliphatic carbocycles. The smallest absolute Gasteiger partial charge is 0.418 e. The number of benzene rings is 1. The maximum Gasteiger partial charge on any atom is 0.418 e. The molecule has 1 saturated heterocycles. The molecule has 0 radical (unpaired) electrons. The highest BCUT2D eigenvalue weighted by Gasteiger charge is 2.35. The summed E-state index contributed by atoms with van der Waals surface area (Å²) in [6.07, 6.45) is -3.56. The molecule has 0 saturated carbocycles. The number of esters is 1. The molecular formula is C21H22F3N3O4. The highest BCUT2D eigenvalue weighted by Crippen LogP contribution is 2.33. The summed E-state index contributed by atoms with van der Waals surface area (Å²) in [6.45, 7) is 3.70. The second-order valence-electron chi connectivity index (χ2n) is 7.27. The fraction of sp³-hybridized carbons (Fsp3) is 0.429. The van der Waals surface area contributed by atoms with Crippen molar-refractivity contribution in [2.45, 2.75) is 32.9 Å². The first-order valence-electron chi connectivity index (χ1n) is 9.87. The van der Waals surface area contributed by atoms with Crippen LogP contribution < -0.4 is 5.43 Å². The van der Waals surface area contributed by atoms with Crippen LogP contribution in [0.15, 0.2) is 35.1 Å². The zero-order valence-corrected chi connectivity index (χ0v) is 17.1. The Morgan fingerprint density at radius 2 is 1.97 bits per heavy atom. The highest BCUT2D eigenvalue weighted by atomic mass is 19.4. The molecule has 166 valence electrons. The van der Waals surface area contributed by atoms with Gasteiger partial charge in [0.2, 0.25) is 5.43 Å². The summed E-state index contributed by atoms with van der Waals surface area (Å²) in [7, 11) is 0. The third kappa shape index (κ3) is 4.78. The first-order chi connectivity index (χ1) is 14.6. The second kappa shape index (κ2) is 8.91. The molecule has 0 N–H and O–H groups in total. The maximum absolute atomic E-state index is 13.5. The summed E-state index contributed by atoms with van der Waals surface area (Å²) in [5.74, 6) is -1.66. The minimum absolute atomic E-state index is 0.0613. The van der Waals surface area contributed by atoms with E-state index in [4.69, 9.17) is 4.74 Å². The van der Waals surface area contributed by atoms with Crippen molar-refractivity contribution in [3.8, 4) is 5.69 Å². The summed E-state index contributed by atoms with van der Waals surface area (Å²) in [6, 6.07) is 5.88. The predicted molar refractivity (Wildman–Crippen MR) is 105 cm³/mol. The van der Waals surface area contributed by atoms with Gasteiger partial charge in [0, 0.05) is 24.8 Å². The zero-order chi connectivity index (χ0) is 22.8. The van der Waals surface area contributed by atoms with E-state index in [1.165, 1.54) is 30.0 Å². The van der Waals surface area contributed by atoms with Gasteiger partial charge in [0.05, 0.1) is 23.8 Å². The lowest BCUT2D eigenvalue weighted by Gasteiger charge is -2.31. The van der Waals surface area contributed by atoms with E-state index < -0.39 is 40.7 Å². The van der Waals surface area contributed by atoms with Crippen LogP contribution in [-0.2, 0) is 15.7 Å². The number of amides is 1. The summed E-state index contributed by atoms with van der Waals surface area (Å²) >= 11 is 0. The summed E-state index contributed by atoms with van der Waals surface area (Å²) in [5, 5.41) is 3.99. The molecule has 1 aromatic heterocycles. The molecule has 1 aliphatic rings. The van der Waals surface area contributed by atoms with Gasteiger partial charge < -0.3 is 9.64 Å². The van der Waals surface area contributed by atoms with Crippen molar-refractivity contribution in [3.05, 3.63) is 57.5 Å². The number of nitrogens with zero attached hydrogens (tertiary/aromatic N) is 3. The fourth-order valence-corrected chi connectivity index (χ4v) is 3.60. The van der Waals surface area contributed by atoms with Crippen molar-refractivity contribution in [2.24, 2.45) is 5.92 Å². The van der Waals surface area contributed by atoms with Crippen LogP contribution in [0.4, 0.5) is 13.2 Å². The average molecular weight is 437 g/mol. The number of piperidine rings is 1. The molecule has 1 aliphatic heterocycles. The Balaban J connectivity index is 1.98. The molecule has 1 aromatic carbocycles. The highest BCUT2D eigenvalue weighted by molar-refractivity contribution is 5.92. The summed E-state index contributed by atoms with van der Waals surface area (Å²) in [4.78, 5) is 38.8. The number of halogens is 3. The number of hydrogen-bond acceptors (Lipinski definition) is 5. The van der Waals surface area contributed by atoms with Gasteiger partial charge in [0.15, 0.2) is 5.69 Å². The molecule has 10 heteroatoms. The molecule has 0 bridgehead atoms. The Morgan fingerprint density at radius 3 is 2.65 bits per heavy atom. The minimum Gasteiger partial charge on any atom is -0.466 e. The first-order valence-corrected chi connectivity index (χ1v) is 9.87. The lowest BCUT2D eigenvalue weighted by atomic mass is 9.98. The quantitative estimate of drug-likeness (QED) is 0.687. The van der Waals surface area contributed by atoms with Crippen LogP contribution >= 0.6 is 0 Å². The molecule has 1 fully saturated rings. The minimum atomic E-state index is -4.64. The van der Waals surface area contributed by atoms with Crippen molar-refractivity contribution in [3.63, 3.8) is 0 Å². The molecule has 2 heterocycles. The normalized spacial score (nSPS) is 16.8. The van der Waals surface area contributed by atoms with E-state index in [-0.39, 0.29) is 24.5 Å². The number of alkyl halides is 3. The SMILES string of the molecule is CCOC(=O)C1CCCN(C(=O)c2nn(-c3ccccc3C(F)(F)F)c(C)cc2=O)C1. The van der Waals surface area contributed by atoms with Gasteiger partial charge in [0.1, 0.15) is 0 Å². The number of carbonyl (C=O) groups excluding carboxylic acids is 2. The van der Waals surface area contributed by atoms with Gasteiger partial charge in [-0.3, -0.25) is 14.4 Å². The molecule has 0 spiro atoms. The lowest BCUT2D eigenvalue weighted by Crippen LogP contribution is -2.44. The molecule has 3 rings (SSSR count). The first kappa shape index (κ1) is 22.5. The Morgan fingerprint density at radius 1 is 1.26 bits per heavy atom. The Hall–Kier alpha value is -3.17. The van der Waals surface area contributed by atoms with Gasteiger partial charge in [-0.05, 0) is 38.8 Å². The predicted octanol–water partition coefficient (Wildman–Crippen LogP) is 2.98. The molecule has 7 nitrogen and oxygen atoms in total. The second-order valence-corrected chi connectivity index (χ2v) is 7.27. The van der Waals surface area contributed by atoms with Gasteiger partial charge in [-0.15, -0.1) is 0 Å². The van der Waals surface area contributed by atoms with Gasteiger partial charge in [-0.1, -0.05) is 12.1 Å². The maximum atomic E-state index is 13.5. The van der Waals surface area contributed by atoms with E-state index in [0.29, 0.717) is 19.4 Å².